The Morgan fingerprint density at radius 2 is 1.73 bits per heavy atom. The van der Waals surface area contributed by atoms with E-state index in [0.29, 0.717) is 13.3 Å². The van der Waals surface area contributed by atoms with Crippen molar-refractivity contribution in [1.29, 1.82) is 0 Å². The number of anilines is 1. The van der Waals surface area contributed by atoms with Gasteiger partial charge in [-0.3, -0.25) is 0 Å². The number of hydrogen-bond donors (Lipinski definition) is 2. The molecule has 26 heavy (non-hydrogen) atoms. The Hall–Kier alpha value is -2.89. The SMILES string of the molecule is CCNC(=NCc1ccc2c(c1)OCO2)NCc1ccc(N(C)C)cc1. The normalized spacial score (nSPS) is 12.8. The average molecular weight is 354 g/mol. The van der Waals surface area contributed by atoms with E-state index < -0.39 is 0 Å². The van der Waals surface area contributed by atoms with Gasteiger partial charge in [-0.25, -0.2) is 4.99 Å². The fourth-order valence-corrected chi connectivity index (χ4v) is 2.65. The maximum atomic E-state index is 5.42. The molecule has 0 bridgehead atoms. The summed E-state index contributed by atoms with van der Waals surface area (Å²) in [7, 11) is 4.08. The Kier molecular flexibility index (Phi) is 5.84. The Balaban J connectivity index is 1.60. The highest BCUT2D eigenvalue weighted by Gasteiger charge is 2.12. The maximum Gasteiger partial charge on any atom is 0.231 e. The first-order chi connectivity index (χ1) is 12.7. The maximum absolute atomic E-state index is 5.42. The van der Waals surface area contributed by atoms with E-state index in [1.165, 1.54) is 11.3 Å². The van der Waals surface area contributed by atoms with Gasteiger partial charge < -0.3 is 25.0 Å². The molecule has 2 N–H and O–H groups in total. The van der Waals surface area contributed by atoms with E-state index in [2.05, 4.69) is 51.7 Å². The van der Waals surface area contributed by atoms with E-state index >= 15 is 0 Å². The molecule has 3 rings (SSSR count). The zero-order chi connectivity index (χ0) is 18.4. The third-order valence-corrected chi connectivity index (χ3v) is 4.11. The quantitative estimate of drug-likeness (QED) is 0.617. The van der Waals surface area contributed by atoms with Gasteiger partial charge in [-0.1, -0.05) is 18.2 Å². The highest BCUT2D eigenvalue weighted by atomic mass is 16.7. The molecule has 0 unspecified atom stereocenters. The summed E-state index contributed by atoms with van der Waals surface area (Å²) in [6.45, 7) is 4.46. The molecule has 0 aliphatic carbocycles. The van der Waals surface area contributed by atoms with Gasteiger partial charge in [-0.05, 0) is 42.3 Å². The lowest BCUT2D eigenvalue weighted by Crippen LogP contribution is -2.36. The van der Waals surface area contributed by atoms with Gasteiger partial charge in [0.2, 0.25) is 6.79 Å². The van der Waals surface area contributed by atoms with Crippen LogP contribution >= 0.6 is 0 Å². The minimum atomic E-state index is 0.291. The van der Waals surface area contributed by atoms with Crippen LogP contribution in [-0.2, 0) is 13.1 Å². The zero-order valence-electron chi connectivity index (χ0n) is 15.6. The molecular formula is C20H26N4O2. The van der Waals surface area contributed by atoms with E-state index in [1.807, 2.05) is 32.3 Å². The van der Waals surface area contributed by atoms with Gasteiger partial charge in [0.1, 0.15) is 0 Å². The van der Waals surface area contributed by atoms with E-state index in [0.717, 1.165) is 36.1 Å². The van der Waals surface area contributed by atoms with Crippen LogP contribution in [0.25, 0.3) is 0 Å². The van der Waals surface area contributed by atoms with Crippen molar-refractivity contribution in [2.75, 3.05) is 32.3 Å². The fourth-order valence-electron chi connectivity index (χ4n) is 2.65. The van der Waals surface area contributed by atoms with E-state index in [9.17, 15) is 0 Å². The molecule has 138 valence electrons. The predicted molar refractivity (Wildman–Crippen MR) is 105 cm³/mol. The van der Waals surface area contributed by atoms with Gasteiger partial charge in [-0.15, -0.1) is 0 Å². The third kappa shape index (κ3) is 4.59. The Bertz CT molecular complexity index is 757. The molecule has 0 atom stereocenters. The van der Waals surface area contributed by atoms with Crippen LogP contribution in [0.2, 0.25) is 0 Å². The Morgan fingerprint density at radius 1 is 1.00 bits per heavy atom. The lowest BCUT2D eigenvalue weighted by Gasteiger charge is -2.14. The van der Waals surface area contributed by atoms with Crippen molar-refractivity contribution in [3.8, 4) is 11.5 Å². The number of benzene rings is 2. The first-order valence-electron chi connectivity index (χ1n) is 8.82. The summed E-state index contributed by atoms with van der Waals surface area (Å²) < 4.78 is 10.8. The second-order valence-electron chi connectivity index (χ2n) is 6.30. The highest BCUT2D eigenvalue weighted by Crippen LogP contribution is 2.32. The fraction of sp³-hybridized carbons (Fsp3) is 0.350. The average Bonchev–Trinajstić information content (AvgIpc) is 3.12. The number of hydrogen-bond acceptors (Lipinski definition) is 4. The molecule has 2 aromatic carbocycles. The van der Waals surface area contributed by atoms with Crippen LogP contribution in [0.3, 0.4) is 0 Å². The van der Waals surface area contributed by atoms with Crippen LogP contribution < -0.4 is 25.0 Å². The Labute approximate surface area is 154 Å². The molecule has 0 saturated carbocycles. The predicted octanol–water partition coefficient (Wildman–Crippen LogP) is 2.74. The highest BCUT2D eigenvalue weighted by molar-refractivity contribution is 5.79. The molecule has 1 aliphatic rings. The lowest BCUT2D eigenvalue weighted by molar-refractivity contribution is 0.174. The summed E-state index contributed by atoms with van der Waals surface area (Å²) in [5, 5.41) is 6.66. The molecule has 0 spiro atoms. The largest absolute Gasteiger partial charge is 0.454 e. The van der Waals surface area contributed by atoms with Crippen molar-refractivity contribution in [3.05, 3.63) is 53.6 Å². The van der Waals surface area contributed by atoms with Gasteiger partial charge >= 0.3 is 0 Å². The number of rotatable bonds is 6. The standard InChI is InChI=1S/C20H26N4O2/c1-4-21-20(22-12-15-5-8-17(9-6-15)24(2)3)23-13-16-7-10-18-19(11-16)26-14-25-18/h5-11H,4,12-14H2,1-3H3,(H2,21,22,23). The monoisotopic (exact) mass is 354 g/mol. The molecule has 1 aliphatic heterocycles. The van der Waals surface area contributed by atoms with Crippen molar-refractivity contribution in [2.45, 2.75) is 20.0 Å². The number of aliphatic imine (C=N–C) groups is 1. The molecule has 2 aromatic rings. The number of nitrogens with one attached hydrogen (secondary N) is 2. The summed E-state index contributed by atoms with van der Waals surface area (Å²) in [5.41, 5.74) is 3.49. The molecule has 1 heterocycles. The minimum absolute atomic E-state index is 0.291. The van der Waals surface area contributed by atoms with Gasteiger partial charge in [-0.2, -0.15) is 0 Å². The van der Waals surface area contributed by atoms with Crippen molar-refractivity contribution >= 4 is 11.6 Å². The number of fused-ring (bicyclic) bond motifs is 1. The molecule has 0 amide bonds. The lowest BCUT2D eigenvalue weighted by atomic mass is 10.2. The summed E-state index contributed by atoms with van der Waals surface area (Å²) in [5.74, 6) is 2.38. The topological polar surface area (TPSA) is 58.1 Å². The first-order valence-corrected chi connectivity index (χ1v) is 8.82. The molecular weight excluding hydrogens is 328 g/mol. The van der Waals surface area contributed by atoms with Gasteiger partial charge in [0, 0.05) is 32.9 Å². The summed E-state index contributed by atoms with van der Waals surface area (Å²) >= 11 is 0. The minimum Gasteiger partial charge on any atom is -0.454 e. The van der Waals surface area contributed by atoms with Crippen molar-refractivity contribution in [2.24, 2.45) is 4.99 Å². The summed E-state index contributed by atoms with van der Waals surface area (Å²) in [6.07, 6.45) is 0. The first kappa shape index (κ1) is 17.9. The second kappa shape index (κ2) is 8.47. The smallest absolute Gasteiger partial charge is 0.231 e. The molecule has 0 saturated heterocycles. The molecule has 0 fully saturated rings. The van der Waals surface area contributed by atoms with Crippen LogP contribution in [-0.4, -0.2) is 33.4 Å². The van der Waals surface area contributed by atoms with E-state index in [4.69, 9.17) is 9.47 Å². The Morgan fingerprint density at radius 3 is 2.46 bits per heavy atom. The second-order valence-corrected chi connectivity index (χ2v) is 6.30. The molecule has 6 nitrogen and oxygen atoms in total. The number of guanidine groups is 1. The third-order valence-electron chi connectivity index (χ3n) is 4.11. The van der Waals surface area contributed by atoms with Crippen molar-refractivity contribution in [1.82, 2.24) is 10.6 Å². The van der Waals surface area contributed by atoms with Gasteiger partial charge in [0.05, 0.1) is 6.54 Å². The summed E-state index contributed by atoms with van der Waals surface area (Å²) in [4.78, 5) is 6.75. The van der Waals surface area contributed by atoms with Gasteiger partial charge in [0.15, 0.2) is 17.5 Å². The van der Waals surface area contributed by atoms with Crippen molar-refractivity contribution in [3.63, 3.8) is 0 Å². The van der Waals surface area contributed by atoms with Crippen LogP contribution in [0, 0.1) is 0 Å². The zero-order valence-corrected chi connectivity index (χ0v) is 15.6. The van der Waals surface area contributed by atoms with Crippen LogP contribution in [0.4, 0.5) is 5.69 Å². The molecule has 0 radical (unpaired) electrons. The van der Waals surface area contributed by atoms with Crippen LogP contribution in [0.5, 0.6) is 11.5 Å². The van der Waals surface area contributed by atoms with E-state index in [1.54, 1.807) is 0 Å². The van der Waals surface area contributed by atoms with Gasteiger partial charge in [0.25, 0.3) is 0 Å². The summed E-state index contributed by atoms with van der Waals surface area (Å²) in [6, 6.07) is 14.4. The molecule has 0 aromatic heterocycles. The van der Waals surface area contributed by atoms with Crippen molar-refractivity contribution < 1.29 is 9.47 Å². The number of nitrogens with zero attached hydrogens (tertiary/aromatic N) is 2. The van der Waals surface area contributed by atoms with Crippen LogP contribution in [0.1, 0.15) is 18.1 Å². The van der Waals surface area contributed by atoms with Crippen LogP contribution in [0.15, 0.2) is 47.5 Å². The van der Waals surface area contributed by atoms with E-state index in [-0.39, 0.29) is 0 Å². The number of ether oxygens (including phenoxy) is 2. The molecule has 6 heteroatoms.